The lowest BCUT2D eigenvalue weighted by Crippen LogP contribution is -3.06. The maximum absolute atomic E-state index is 12.4. The molecule has 3 rings (SSSR count). The van der Waals surface area contributed by atoms with Gasteiger partial charge < -0.3 is 15.0 Å². The molecule has 0 unspecified atom stereocenters. The molecule has 0 aromatic heterocycles. The van der Waals surface area contributed by atoms with Crippen LogP contribution in [-0.4, -0.2) is 44.7 Å². The number of rotatable bonds is 8. The molecule has 0 bridgehead atoms. The summed E-state index contributed by atoms with van der Waals surface area (Å²) in [6, 6.07) is 18.2. The predicted molar refractivity (Wildman–Crippen MR) is 115 cm³/mol. The van der Waals surface area contributed by atoms with E-state index in [1.165, 1.54) is 22.0 Å². The summed E-state index contributed by atoms with van der Waals surface area (Å²) >= 11 is 3.97. The van der Waals surface area contributed by atoms with Crippen LogP contribution in [-0.2, 0) is 4.79 Å². The maximum Gasteiger partial charge on any atom is 0.258 e. The third-order valence-electron chi connectivity index (χ3n) is 4.29. The number of benzene rings is 2. The Bertz CT molecular complexity index is 717. The Balaban J connectivity index is 1.53. The third-order valence-corrected chi connectivity index (χ3v) is 7.40. The van der Waals surface area contributed by atoms with Crippen LogP contribution in [0.2, 0.25) is 0 Å². The van der Waals surface area contributed by atoms with Crippen LogP contribution in [0.1, 0.15) is 21.8 Å². The molecular weight excluding hydrogens is 376 g/mol. The van der Waals surface area contributed by atoms with Crippen LogP contribution in [0.3, 0.4) is 0 Å². The second-order valence-electron chi connectivity index (χ2n) is 6.87. The van der Waals surface area contributed by atoms with Crippen molar-refractivity contribution in [2.75, 3.05) is 38.8 Å². The number of likely N-dealkylation sites (N-methyl/N-ethyl adjacent to an activating group) is 1. The lowest BCUT2D eigenvalue weighted by molar-refractivity contribution is -0.860. The first-order valence-corrected chi connectivity index (χ1v) is 11.3. The second-order valence-corrected chi connectivity index (χ2v) is 9.60. The van der Waals surface area contributed by atoms with E-state index in [0.717, 1.165) is 17.9 Å². The molecule has 1 fully saturated rings. The van der Waals surface area contributed by atoms with Gasteiger partial charge in [-0.25, -0.2) is 0 Å². The molecule has 1 heterocycles. The highest BCUT2D eigenvalue weighted by Crippen LogP contribution is 2.45. The first-order valence-electron chi connectivity index (χ1n) is 9.21. The van der Waals surface area contributed by atoms with Crippen LogP contribution < -0.4 is 15.0 Å². The highest BCUT2D eigenvalue weighted by atomic mass is 32.2. The van der Waals surface area contributed by atoms with Crippen molar-refractivity contribution in [1.82, 2.24) is 5.32 Å². The number of quaternary nitrogens is 1. The fraction of sp³-hybridized carbons (Fsp3) is 0.381. The normalized spacial score (nSPS) is 15.7. The zero-order chi connectivity index (χ0) is 19.1. The van der Waals surface area contributed by atoms with Gasteiger partial charge in [0.25, 0.3) is 5.91 Å². The summed E-state index contributed by atoms with van der Waals surface area (Å²) in [5.74, 6) is 3.06. The lowest BCUT2D eigenvalue weighted by Gasteiger charge is -2.21. The fourth-order valence-corrected chi connectivity index (χ4v) is 5.86. The molecule has 6 heteroatoms. The van der Waals surface area contributed by atoms with Crippen molar-refractivity contribution in [3.8, 4) is 5.75 Å². The number of hydrogen-bond donors (Lipinski definition) is 2. The highest BCUT2D eigenvalue weighted by Gasteiger charge is 2.19. The molecule has 1 saturated heterocycles. The minimum absolute atomic E-state index is 0.0221. The molecule has 4 nitrogen and oxygen atoms in total. The number of carbonyl (C=O) groups is 1. The molecule has 1 atom stereocenters. The predicted octanol–water partition coefficient (Wildman–Crippen LogP) is 2.55. The van der Waals surface area contributed by atoms with Crippen LogP contribution >= 0.6 is 23.5 Å². The van der Waals surface area contributed by atoms with Crippen molar-refractivity contribution < 1.29 is 14.4 Å². The van der Waals surface area contributed by atoms with E-state index in [0.29, 0.717) is 4.58 Å². The van der Waals surface area contributed by atoms with E-state index in [4.69, 9.17) is 4.74 Å². The van der Waals surface area contributed by atoms with Crippen molar-refractivity contribution in [3.63, 3.8) is 0 Å². The van der Waals surface area contributed by atoms with E-state index in [1.54, 1.807) is 0 Å². The van der Waals surface area contributed by atoms with Crippen molar-refractivity contribution in [2.24, 2.45) is 0 Å². The van der Waals surface area contributed by atoms with Gasteiger partial charge in [0.15, 0.2) is 6.61 Å². The van der Waals surface area contributed by atoms with Crippen LogP contribution in [0.4, 0.5) is 0 Å². The van der Waals surface area contributed by atoms with Crippen molar-refractivity contribution in [2.45, 2.75) is 10.6 Å². The fourth-order valence-electron chi connectivity index (χ4n) is 3.00. The van der Waals surface area contributed by atoms with E-state index in [9.17, 15) is 4.79 Å². The summed E-state index contributed by atoms with van der Waals surface area (Å²) in [4.78, 5) is 13.7. The van der Waals surface area contributed by atoms with Crippen LogP contribution in [0.15, 0.2) is 54.6 Å². The molecular formula is C21H27N2O2S2+. The van der Waals surface area contributed by atoms with Crippen LogP contribution in [0, 0.1) is 0 Å². The largest absolute Gasteiger partial charge is 0.484 e. The Labute approximate surface area is 170 Å². The smallest absolute Gasteiger partial charge is 0.258 e. The molecule has 2 aromatic rings. The molecule has 1 aliphatic heterocycles. The van der Waals surface area contributed by atoms with Gasteiger partial charge in [0.2, 0.25) is 0 Å². The van der Waals surface area contributed by atoms with Crippen molar-refractivity contribution >= 4 is 29.4 Å². The summed E-state index contributed by atoms with van der Waals surface area (Å²) in [6.07, 6.45) is 0. The molecule has 144 valence electrons. The number of hydrogen-bond acceptors (Lipinski definition) is 4. The van der Waals surface area contributed by atoms with Crippen LogP contribution in [0.5, 0.6) is 5.75 Å². The molecule has 1 aliphatic rings. The third kappa shape index (κ3) is 6.19. The average Bonchev–Trinajstić information content (AvgIpc) is 3.21. The van der Waals surface area contributed by atoms with Gasteiger partial charge in [0.1, 0.15) is 18.3 Å². The molecule has 0 aliphatic carbocycles. The molecule has 2 aromatic carbocycles. The molecule has 0 radical (unpaired) electrons. The van der Waals surface area contributed by atoms with E-state index in [-0.39, 0.29) is 18.6 Å². The van der Waals surface area contributed by atoms with E-state index in [1.807, 2.05) is 66.0 Å². The Hall–Kier alpha value is -1.63. The summed E-state index contributed by atoms with van der Waals surface area (Å²) in [5.41, 5.74) is 2.43. The number of ether oxygens (including phenoxy) is 1. The average molecular weight is 404 g/mol. The Morgan fingerprint density at radius 2 is 1.78 bits per heavy atom. The first-order chi connectivity index (χ1) is 13.1. The molecule has 0 spiro atoms. The zero-order valence-corrected chi connectivity index (χ0v) is 17.4. The van der Waals surface area contributed by atoms with Gasteiger partial charge in [-0.1, -0.05) is 42.5 Å². The molecule has 0 saturated carbocycles. The highest BCUT2D eigenvalue weighted by molar-refractivity contribution is 8.19. The van der Waals surface area contributed by atoms with Gasteiger partial charge in [0, 0.05) is 11.5 Å². The van der Waals surface area contributed by atoms with Crippen molar-refractivity contribution in [3.05, 3.63) is 65.7 Å². The first kappa shape index (κ1) is 20.1. The summed E-state index contributed by atoms with van der Waals surface area (Å²) in [7, 11) is 4.17. The minimum atomic E-state index is -0.101. The molecule has 2 N–H and O–H groups in total. The number of nitrogens with one attached hydrogen (secondary N) is 2. The Morgan fingerprint density at radius 1 is 1.11 bits per heavy atom. The number of thioether (sulfide) groups is 2. The lowest BCUT2D eigenvalue weighted by atomic mass is 10.1. The van der Waals surface area contributed by atoms with E-state index in [2.05, 4.69) is 31.5 Å². The van der Waals surface area contributed by atoms with Crippen molar-refractivity contribution in [1.29, 1.82) is 0 Å². The second kappa shape index (κ2) is 10.1. The van der Waals surface area contributed by atoms with Gasteiger partial charge in [-0.2, -0.15) is 0 Å². The standard InChI is InChI=1S/C21H26N2O2S2/c1-23(2)14-19(16-6-4-3-5-7-16)22-20(24)15-25-18-10-8-17(9-11-18)21-26-12-13-27-21/h3-11,19,21H,12-15H2,1-2H3,(H,22,24)/p+1/t19-/m1/s1. The Kier molecular flexibility index (Phi) is 7.50. The monoisotopic (exact) mass is 403 g/mol. The molecule has 1 amide bonds. The SMILES string of the molecule is C[NH+](C)C[C@@H](NC(=O)COc1ccc(C2SCCS2)cc1)c1ccccc1. The van der Waals surface area contributed by atoms with Crippen LogP contribution in [0.25, 0.3) is 0 Å². The van der Waals surface area contributed by atoms with E-state index >= 15 is 0 Å². The number of amides is 1. The molecule has 27 heavy (non-hydrogen) atoms. The Morgan fingerprint density at radius 3 is 2.41 bits per heavy atom. The summed E-state index contributed by atoms with van der Waals surface area (Å²) in [5, 5.41) is 3.10. The maximum atomic E-state index is 12.4. The minimum Gasteiger partial charge on any atom is -0.484 e. The quantitative estimate of drug-likeness (QED) is 0.711. The number of carbonyl (C=O) groups excluding carboxylic acids is 1. The van der Waals surface area contributed by atoms with Gasteiger partial charge in [0.05, 0.1) is 18.7 Å². The zero-order valence-electron chi connectivity index (χ0n) is 15.8. The summed E-state index contributed by atoms with van der Waals surface area (Å²) < 4.78 is 6.22. The van der Waals surface area contributed by atoms with Gasteiger partial charge in [-0.15, -0.1) is 23.5 Å². The summed E-state index contributed by atoms with van der Waals surface area (Å²) in [6.45, 7) is 0.847. The topological polar surface area (TPSA) is 42.8 Å². The van der Waals surface area contributed by atoms with Gasteiger partial charge in [-0.3, -0.25) is 4.79 Å². The van der Waals surface area contributed by atoms with E-state index < -0.39 is 0 Å². The van der Waals surface area contributed by atoms with Gasteiger partial charge in [-0.05, 0) is 23.3 Å². The van der Waals surface area contributed by atoms with Gasteiger partial charge >= 0.3 is 0 Å².